The molecule has 2 heterocycles. The summed E-state index contributed by atoms with van der Waals surface area (Å²) in [5.41, 5.74) is 1.90. The van der Waals surface area contributed by atoms with Crippen LogP contribution < -0.4 is 4.72 Å². The molecular weight excluding hydrogens is 434 g/mol. The largest absolute Gasteiger partial charge is 0.264 e. The first-order valence-electron chi connectivity index (χ1n) is 9.78. The summed E-state index contributed by atoms with van der Waals surface area (Å²) >= 11 is 5.27. The minimum atomic E-state index is 0.890. The number of nitrogens with one attached hydrogen (secondary N) is 1. The number of pyridine rings is 1. The molecular formula is C21H26BrN5S. The third kappa shape index (κ3) is 7.04. The van der Waals surface area contributed by atoms with E-state index >= 15 is 0 Å². The quantitative estimate of drug-likeness (QED) is 0.276. The molecule has 0 aliphatic rings. The normalized spacial score (nSPS) is 11.0. The highest BCUT2D eigenvalue weighted by atomic mass is 79.9. The molecule has 0 spiro atoms. The van der Waals surface area contributed by atoms with Gasteiger partial charge in [-0.15, -0.1) is 5.10 Å². The molecule has 0 unspecified atom stereocenters. The molecule has 0 radical (unpaired) electrons. The molecule has 3 aromatic rings. The van der Waals surface area contributed by atoms with Crippen molar-refractivity contribution in [1.82, 2.24) is 24.7 Å². The summed E-state index contributed by atoms with van der Waals surface area (Å²) in [5.74, 6) is 0. The fraction of sp³-hybridized carbons (Fsp3) is 0.381. The van der Waals surface area contributed by atoms with Crippen LogP contribution >= 0.6 is 27.9 Å². The standard InChI is InChI=1S/C21H26BrN5S/c22-19-11-5-6-12-21(19)28-24-14-7-3-1-2-4-8-15-27-17-20(25-26-27)18-10-9-13-23-16-18/h5-6,9-13,16-17,24H,1-4,7-8,14-15H2. The minimum absolute atomic E-state index is 0.890. The number of aryl methyl sites for hydroxylation is 1. The molecule has 28 heavy (non-hydrogen) atoms. The van der Waals surface area contributed by atoms with Crippen LogP contribution in [0.3, 0.4) is 0 Å². The van der Waals surface area contributed by atoms with Crippen LogP contribution in [0.2, 0.25) is 0 Å². The van der Waals surface area contributed by atoms with E-state index < -0.39 is 0 Å². The zero-order chi connectivity index (χ0) is 19.4. The van der Waals surface area contributed by atoms with Gasteiger partial charge in [-0.3, -0.25) is 14.4 Å². The Morgan fingerprint density at radius 1 is 0.964 bits per heavy atom. The van der Waals surface area contributed by atoms with Gasteiger partial charge in [-0.05, 0) is 65.0 Å². The van der Waals surface area contributed by atoms with Crippen molar-refractivity contribution < 1.29 is 0 Å². The Kier molecular flexibility index (Phi) is 9.00. The Labute approximate surface area is 179 Å². The molecule has 0 saturated heterocycles. The van der Waals surface area contributed by atoms with Gasteiger partial charge in [0.05, 0.1) is 6.20 Å². The van der Waals surface area contributed by atoms with E-state index in [1.807, 2.05) is 35.3 Å². The summed E-state index contributed by atoms with van der Waals surface area (Å²) in [5, 5.41) is 8.45. The molecule has 7 heteroatoms. The first-order valence-corrected chi connectivity index (χ1v) is 11.4. The van der Waals surface area contributed by atoms with Crippen LogP contribution in [-0.2, 0) is 6.54 Å². The summed E-state index contributed by atoms with van der Waals surface area (Å²) in [6.07, 6.45) is 13.0. The van der Waals surface area contributed by atoms with Gasteiger partial charge in [-0.2, -0.15) is 0 Å². The van der Waals surface area contributed by atoms with Crippen molar-refractivity contribution in [2.75, 3.05) is 6.54 Å². The maximum atomic E-state index is 4.23. The molecule has 0 atom stereocenters. The number of unbranched alkanes of at least 4 members (excludes halogenated alkanes) is 5. The van der Waals surface area contributed by atoms with Crippen molar-refractivity contribution in [2.24, 2.45) is 0 Å². The lowest BCUT2D eigenvalue weighted by atomic mass is 10.1. The molecule has 148 valence electrons. The summed E-state index contributed by atoms with van der Waals surface area (Å²) < 4.78 is 6.53. The smallest absolute Gasteiger partial charge is 0.114 e. The average Bonchev–Trinajstić information content (AvgIpc) is 3.20. The van der Waals surface area contributed by atoms with Crippen molar-refractivity contribution in [1.29, 1.82) is 0 Å². The number of hydrogen-bond acceptors (Lipinski definition) is 5. The molecule has 0 bridgehead atoms. The molecule has 0 saturated carbocycles. The van der Waals surface area contributed by atoms with Crippen LogP contribution in [0.15, 0.2) is 64.4 Å². The van der Waals surface area contributed by atoms with E-state index in [4.69, 9.17) is 0 Å². The zero-order valence-corrected chi connectivity index (χ0v) is 18.3. The van der Waals surface area contributed by atoms with Crippen LogP contribution in [-0.4, -0.2) is 26.5 Å². The third-order valence-electron chi connectivity index (χ3n) is 4.43. The van der Waals surface area contributed by atoms with Crippen molar-refractivity contribution in [3.63, 3.8) is 0 Å². The van der Waals surface area contributed by atoms with Gasteiger partial charge in [0.2, 0.25) is 0 Å². The maximum Gasteiger partial charge on any atom is 0.114 e. The predicted octanol–water partition coefficient (Wildman–Crippen LogP) is 5.74. The fourth-order valence-electron chi connectivity index (χ4n) is 2.89. The minimum Gasteiger partial charge on any atom is -0.264 e. The molecule has 1 aromatic carbocycles. The summed E-state index contributed by atoms with van der Waals surface area (Å²) in [6.45, 7) is 1.97. The van der Waals surface area contributed by atoms with Crippen molar-refractivity contribution in [2.45, 2.75) is 50.0 Å². The Hall–Kier alpha value is -1.70. The first kappa shape index (κ1) is 21.0. The molecule has 0 aliphatic heterocycles. The highest BCUT2D eigenvalue weighted by Crippen LogP contribution is 2.24. The van der Waals surface area contributed by atoms with Crippen LogP contribution in [0, 0.1) is 0 Å². The van der Waals surface area contributed by atoms with Gasteiger partial charge in [0.25, 0.3) is 0 Å². The van der Waals surface area contributed by atoms with Crippen molar-refractivity contribution in [3.8, 4) is 11.3 Å². The second-order valence-electron chi connectivity index (χ2n) is 6.66. The van der Waals surface area contributed by atoms with Crippen molar-refractivity contribution >= 4 is 27.9 Å². The molecule has 0 aliphatic carbocycles. The maximum absolute atomic E-state index is 4.23. The van der Waals surface area contributed by atoms with Gasteiger partial charge in [0, 0.05) is 40.4 Å². The van der Waals surface area contributed by atoms with Crippen LogP contribution in [0.1, 0.15) is 38.5 Å². The van der Waals surface area contributed by atoms with Gasteiger partial charge in [-0.25, -0.2) is 0 Å². The topological polar surface area (TPSA) is 55.6 Å². The molecule has 0 amide bonds. The molecule has 3 rings (SSSR count). The summed E-state index contributed by atoms with van der Waals surface area (Å²) in [7, 11) is 0. The zero-order valence-electron chi connectivity index (χ0n) is 15.9. The Balaban J connectivity index is 1.20. The lowest BCUT2D eigenvalue weighted by molar-refractivity contribution is 0.514. The lowest BCUT2D eigenvalue weighted by Gasteiger charge is -2.06. The third-order valence-corrected chi connectivity index (χ3v) is 6.31. The van der Waals surface area contributed by atoms with Gasteiger partial charge >= 0.3 is 0 Å². The highest BCUT2D eigenvalue weighted by molar-refractivity contribution is 9.10. The number of rotatable bonds is 12. The average molecular weight is 460 g/mol. The number of hydrogen-bond donors (Lipinski definition) is 1. The van der Waals surface area contributed by atoms with E-state index in [-0.39, 0.29) is 0 Å². The molecule has 5 nitrogen and oxygen atoms in total. The molecule has 2 aromatic heterocycles. The van der Waals surface area contributed by atoms with Gasteiger partial charge < -0.3 is 0 Å². The van der Waals surface area contributed by atoms with E-state index in [2.05, 4.69) is 54.1 Å². The van der Waals surface area contributed by atoms with Gasteiger partial charge in [0.1, 0.15) is 5.69 Å². The van der Waals surface area contributed by atoms with E-state index in [1.165, 1.54) is 37.0 Å². The Morgan fingerprint density at radius 3 is 2.61 bits per heavy atom. The first-order chi connectivity index (χ1) is 13.8. The van der Waals surface area contributed by atoms with Gasteiger partial charge in [0.15, 0.2) is 0 Å². The number of nitrogens with zero attached hydrogens (tertiary/aromatic N) is 4. The molecule has 1 N–H and O–H groups in total. The summed E-state index contributed by atoms with van der Waals surface area (Å²) in [4.78, 5) is 5.37. The lowest BCUT2D eigenvalue weighted by Crippen LogP contribution is -2.05. The second kappa shape index (κ2) is 12.0. The number of halogens is 1. The second-order valence-corrected chi connectivity index (χ2v) is 8.44. The monoisotopic (exact) mass is 459 g/mol. The van der Waals surface area contributed by atoms with Gasteiger partial charge in [-0.1, -0.05) is 43.0 Å². The predicted molar refractivity (Wildman–Crippen MR) is 119 cm³/mol. The van der Waals surface area contributed by atoms with Crippen molar-refractivity contribution in [3.05, 3.63) is 59.5 Å². The van der Waals surface area contributed by atoms with E-state index in [0.717, 1.165) is 35.2 Å². The number of aromatic nitrogens is 4. The summed E-state index contributed by atoms with van der Waals surface area (Å²) in [6, 6.07) is 12.2. The number of benzene rings is 1. The fourth-order valence-corrected chi connectivity index (χ4v) is 4.13. The van der Waals surface area contributed by atoms with Crippen LogP contribution in [0.25, 0.3) is 11.3 Å². The Bertz CT molecular complexity index is 824. The molecule has 0 fully saturated rings. The van der Waals surface area contributed by atoms with E-state index in [0.29, 0.717) is 0 Å². The van der Waals surface area contributed by atoms with Crippen LogP contribution in [0.5, 0.6) is 0 Å². The highest BCUT2D eigenvalue weighted by Gasteiger charge is 2.03. The van der Waals surface area contributed by atoms with E-state index in [1.54, 1.807) is 18.1 Å². The van der Waals surface area contributed by atoms with Crippen LogP contribution in [0.4, 0.5) is 0 Å². The van der Waals surface area contributed by atoms with E-state index in [9.17, 15) is 0 Å². The Morgan fingerprint density at radius 2 is 1.79 bits per heavy atom. The SMILES string of the molecule is Brc1ccccc1SNCCCCCCCCn1cc(-c2cccnc2)nn1.